The van der Waals surface area contributed by atoms with E-state index in [2.05, 4.69) is 52.2 Å². The van der Waals surface area contributed by atoms with Crippen LogP contribution in [0.3, 0.4) is 0 Å². The van der Waals surface area contributed by atoms with E-state index in [-0.39, 0.29) is 11.9 Å². The van der Waals surface area contributed by atoms with Gasteiger partial charge in [0.15, 0.2) is 5.69 Å². The number of hydrogen-bond acceptors (Lipinski definition) is 2. The van der Waals surface area contributed by atoms with Gasteiger partial charge in [-0.25, -0.2) is 0 Å². The van der Waals surface area contributed by atoms with Crippen molar-refractivity contribution in [3.05, 3.63) is 15.9 Å². The number of H-pyrrole nitrogens is 1. The topological polar surface area (TPSA) is 57.8 Å². The van der Waals surface area contributed by atoms with Gasteiger partial charge in [-0.05, 0) is 47.5 Å². The summed E-state index contributed by atoms with van der Waals surface area (Å²) in [6, 6.07) is 0.244. The molecular weight excluding hydrogens is 282 g/mol. The molecule has 1 unspecified atom stereocenters. The van der Waals surface area contributed by atoms with Crippen LogP contribution >= 0.6 is 15.9 Å². The van der Waals surface area contributed by atoms with Crippen LogP contribution in [-0.4, -0.2) is 22.1 Å². The predicted molar refractivity (Wildman–Crippen MR) is 70.0 cm³/mol. The molecule has 1 aliphatic rings. The Kier molecular flexibility index (Phi) is 3.56. The van der Waals surface area contributed by atoms with Gasteiger partial charge in [0.25, 0.3) is 5.91 Å². The molecule has 1 atom stereocenters. The van der Waals surface area contributed by atoms with Crippen molar-refractivity contribution < 1.29 is 4.79 Å². The standard InChI is InChI=1S/C12H18BrN3O/c1-6(2)10-9(13)11(16-15-10)12(17)14-7(3)8-4-5-8/h6-8H,4-5H2,1-3H3,(H,14,17)(H,15,16). The summed E-state index contributed by atoms with van der Waals surface area (Å²) in [5.41, 5.74) is 1.43. The highest BCUT2D eigenvalue weighted by atomic mass is 79.9. The molecule has 1 fully saturated rings. The molecule has 0 aromatic carbocycles. The zero-order valence-corrected chi connectivity index (χ0v) is 12.0. The molecule has 0 spiro atoms. The summed E-state index contributed by atoms with van der Waals surface area (Å²) < 4.78 is 0.785. The maximum absolute atomic E-state index is 12.0. The lowest BCUT2D eigenvalue weighted by atomic mass is 10.1. The maximum atomic E-state index is 12.0. The molecule has 4 nitrogen and oxygen atoms in total. The normalized spacial score (nSPS) is 17.2. The first-order valence-corrected chi connectivity index (χ1v) is 6.84. The lowest BCUT2D eigenvalue weighted by molar-refractivity contribution is 0.0930. The van der Waals surface area contributed by atoms with E-state index >= 15 is 0 Å². The van der Waals surface area contributed by atoms with Gasteiger partial charge < -0.3 is 5.32 Å². The number of aromatic amines is 1. The van der Waals surface area contributed by atoms with E-state index in [9.17, 15) is 4.79 Å². The molecule has 5 heteroatoms. The Morgan fingerprint density at radius 2 is 2.12 bits per heavy atom. The second-order valence-corrected chi connectivity index (χ2v) is 5.85. The average molecular weight is 300 g/mol. The molecule has 2 N–H and O–H groups in total. The van der Waals surface area contributed by atoms with Crippen LogP contribution in [-0.2, 0) is 0 Å². The third kappa shape index (κ3) is 2.70. The molecule has 17 heavy (non-hydrogen) atoms. The largest absolute Gasteiger partial charge is 0.348 e. The van der Waals surface area contributed by atoms with Crippen molar-refractivity contribution in [2.75, 3.05) is 0 Å². The molecule has 2 rings (SSSR count). The van der Waals surface area contributed by atoms with Gasteiger partial charge in [-0.1, -0.05) is 13.8 Å². The molecule has 1 amide bonds. The number of rotatable bonds is 4. The van der Waals surface area contributed by atoms with Crippen LogP contribution in [0, 0.1) is 5.92 Å². The van der Waals surface area contributed by atoms with Gasteiger partial charge in [-0.3, -0.25) is 9.89 Å². The fraction of sp³-hybridized carbons (Fsp3) is 0.667. The van der Waals surface area contributed by atoms with Gasteiger partial charge in [0.05, 0.1) is 10.2 Å². The van der Waals surface area contributed by atoms with Crippen LogP contribution in [0.15, 0.2) is 4.47 Å². The number of hydrogen-bond donors (Lipinski definition) is 2. The molecule has 1 aromatic rings. The third-order valence-electron chi connectivity index (χ3n) is 3.21. The molecule has 1 aromatic heterocycles. The minimum absolute atomic E-state index is 0.0978. The number of nitrogens with one attached hydrogen (secondary N) is 2. The number of carbonyl (C=O) groups excluding carboxylic acids is 1. The number of aromatic nitrogens is 2. The highest BCUT2D eigenvalue weighted by Crippen LogP contribution is 2.32. The first kappa shape index (κ1) is 12.6. The van der Waals surface area contributed by atoms with E-state index in [0.29, 0.717) is 17.5 Å². The Labute approximate surface area is 110 Å². The molecule has 1 saturated carbocycles. The summed E-state index contributed by atoms with van der Waals surface area (Å²) in [4.78, 5) is 12.0. The van der Waals surface area contributed by atoms with Crippen LogP contribution in [0.25, 0.3) is 0 Å². The summed E-state index contributed by atoms with van der Waals surface area (Å²) in [5.74, 6) is 0.875. The van der Waals surface area contributed by atoms with Crippen molar-refractivity contribution in [1.82, 2.24) is 15.5 Å². The van der Waals surface area contributed by atoms with Crippen LogP contribution in [0.4, 0.5) is 0 Å². The van der Waals surface area contributed by atoms with E-state index < -0.39 is 0 Å². The van der Waals surface area contributed by atoms with Gasteiger partial charge in [-0.2, -0.15) is 5.10 Å². The highest BCUT2D eigenvalue weighted by molar-refractivity contribution is 9.10. The fourth-order valence-corrected chi connectivity index (χ4v) is 2.68. The first-order valence-electron chi connectivity index (χ1n) is 6.05. The maximum Gasteiger partial charge on any atom is 0.273 e. The Morgan fingerprint density at radius 3 is 2.59 bits per heavy atom. The third-order valence-corrected chi connectivity index (χ3v) is 4.02. The van der Waals surface area contributed by atoms with Crippen molar-refractivity contribution in [2.24, 2.45) is 5.92 Å². The molecule has 1 aliphatic carbocycles. The van der Waals surface area contributed by atoms with Crippen molar-refractivity contribution in [2.45, 2.75) is 45.6 Å². The summed E-state index contributed by atoms with van der Waals surface area (Å²) >= 11 is 3.44. The van der Waals surface area contributed by atoms with Crippen molar-refractivity contribution in [3.63, 3.8) is 0 Å². The smallest absolute Gasteiger partial charge is 0.273 e. The quantitative estimate of drug-likeness (QED) is 0.898. The Balaban J connectivity index is 2.08. The Morgan fingerprint density at radius 1 is 1.47 bits per heavy atom. The van der Waals surface area contributed by atoms with Crippen molar-refractivity contribution in [1.29, 1.82) is 0 Å². The van der Waals surface area contributed by atoms with Crippen LogP contribution in [0.5, 0.6) is 0 Å². The highest BCUT2D eigenvalue weighted by Gasteiger charge is 2.30. The second kappa shape index (κ2) is 4.80. The van der Waals surface area contributed by atoms with E-state index in [4.69, 9.17) is 0 Å². The number of nitrogens with zero attached hydrogens (tertiary/aromatic N) is 1. The van der Waals surface area contributed by atoms with Gasteiger partial charge >= 0.3 is 0 Å². The summed E-state index contributed by atoms with van der Waals surface area (Å²) in [6.45, 7) is 6.18. The molecule has 0 radical (unpaired) electrons. The molecule has 1 heterocycles. The number of carbonyl (C=O) groups is 1. The van der Waals surface area contributed by atoms with Crippen molar-refractivity contribution in [3.8, 4) is 0 Å². The molecule has 0 aliphatic heterocycles. The van der Waals surface area contributed by atoms with Gasteiger partial charge in [0.1, 0.15) is 0 Å². The Bertz CT molecular complexity index is 423. The van der Waals surface area contributed by atoms with E-state index in [0.717, 1.165) is 10.2 Å². The first-order chi connectivity index (χ1) is 8.00. The van der Waals surface area contributed by atoms with Crippen LogP contribution < -0.4 is 5.32 Å². The average Bonchev–Trinajstić information content (AvgIpc) is 3.01. The molecular formula is C12H18BrN3O. The zero-order chi connectivity index (χ0) is 12.6. The SMILES string of the molecule is CC(C)c1[nH]nc(C(=O)NC(C)C2CC2)c1Br. The van der Waals surface area contributed by atoms with E-state index in [1.165, 1.54) is 12.8 Å². The Hall–Kier alpha value is -0.840. The minimum Gasteiger partial charge on any atom is -0.348 e. The summed E-state index contributed by atoms with van der Waals surface area (Å²) in [6.07, 6.45) is 2.45. The molecule has 0 saturated heterocycles. The van der Waals surface area contributed by atoms with Crippen molar-refractivity contribution >= 4 is 21.8 Å². The lowest BCUT2D eigenvalue weighted by Crippen LogP contribution is -2.34. The summed E-state index contributed by atoms with van der Waals surface area (Å²) in [5, 5.41) is 10.0. The number of halogens is 1. The summed E-state index contributed by atoms with van der Waals surface area (Å²) in [7, 11) is 0. The van der Waals surface area contributed by atoms with Gasteiger partial charge in [-0.15, -0.1) is 0 Å². The lowest BCUT2D eigenvalue weighted by Gasteiger charge is -2.11. The van der Waals surface area contributed by atoms with Gasteiger partial charge in [0.2, 0.25) is 0 Å². The minimum atomic E-state index is -0.0978. The molecule has 0 bridgehead atoms. The monoisotopic (exact) mass is 299 g/mol. The van der Waals surface area contributed by atoms with Crippen LogP contribution in [0.2, 0.25) is 0 Å². The van der Waals surface area contributed by atoms with Crippen LogP contribution in [0.1, 0.15) is 55.7 Å². The second-order valence-electron chi connectivity index (χ2n) is 5.05. The van der Waals surface area contributed by atoms with Gasteiger partial charge in [0, 0.05) is 6.04 Å². The van der Waals surface area contributed by atoms with E-state index in [1.54, 1.807) is 0 Å². The van der Waals surface area contributed by atoms with E-state index in [1.807, 2.05) is 0 Å². The number of amides is 1. The zero-order valence-electron chi connectivity index (χ0n) is 10.4. The molecule has 94 valence electrons. The predicted octanol–water partition coefficient (Wildman–Crippen LogP) is 2.82. The fourth-order valence-electron chi connectivity index (χ4n) is 1.86.